The molecule has 21 heavy (non-hydrogen) atoms. The summed E-state index contributed by atoms with van der Waals surface area (Å²) in [5.74, 6) is 0.204. The number of nitrogens with zero attached hydrogens (tertiary/aromatic N) is 3. The molecule has 0 spiro atoms. The minimum atomic E-state index is -4.96. The summed E-state index contributed by atoms with van der Waals surface area (Å²) in [6, 6.07) is 3.44. The first-order valence-corrected chi connectivity index (χ1v) is 9.09. The summed E-state index contributed by atoms with van der Waals surface area (Å²) in [4.78, 5) is 44.2. The van der Waals surface area contributed by atoms with E-state index in [1.54, 1.807) is 23.7 Å². The van der Waals surface area contributed by atoms with Crippen molar-refractivity contribution in [2.45, 2.75) is 5.40 Å². The third-order valence-corrected chi connectivity index (χ3v) is 6.60. The second kappa shape index (κ2) is 5.49. The van der Waals surface area contributed by atoms with Crippen LogP contribution in [0.3, 0.4) is 0 Å². The summed E-state index contributed by atoms with van der Waals surface area (Å²) in [6.07, 6.45) is 1.53. The number of rotatable bonds is 5. The third-order valence-electron chi connectivity index (χ3n) is 2.88. The van der Waals surface area contributed by atoms with Crippen LogP contribution in [-0.2, 0) is 16.2 Å². The van der Waals surface area contributed by atoms with Gasteiger partial charge in [0.15, 0.2) is 11.0 Å². The first kappa shape index (κ1) is 16.1. The van der Waals surface area contributed by atoms with E-state index in [4.69, 9.17) is 19.6 Å². The Morgan fingerprint density at radius 3 is 2.43 bits per heavy atom. The molecule has 116 valence electrons. The predicted molar refractivity (Wildman–Crippen MR) is 74.9 cm³/mol. The van der Waals surface area contributed by atoms with Crippen LogP contribution in [0.4, 0.5) is 5.95 Å². The van der Waals surface area contributed by atoms with E-state index < -0.39 is 27.1 Å². The van der Waals surface area contributed by atoms with Gasteiger partial charge in [0.2, 0.25) is 5.95 Å². The van der Waals surface area contributed by atoms with E-state index in [0.717, 1.165) is 0 Å². The molecule has 0 saturated heterocycles. The van der Waals surface area contributed by atoms with E-state index >= 15 is 0 Å². The van der Waals surface area contributed by atoms with Gasteiger partial charge in [0, 0.05) is 19.8 Å². The molecule has 0 aliphatic heterocycles. The lowest BCUT2D eigenvalue weighted by atomic mass is 10.4. The maximum absolute atomic E-state index is 11.2. The zero-order valence-electron chi connectivity index (χ0n) is 10.9. The average Bonchev–Trinajstić information content (AvgIpc) is 2.64. The van der Waals surface area contributed by atoms with Crippen molar-refractivity contribution in [1.29, 1.82) is 0 Å². The summed E-state index contributed by atoms with van der Waals surface area (Å²) >= 11 is 0. The van der Waals surface area contributed by atoms with E-state index in [-0.39, 0.29) is 5.95 Å². The van der Waals surface area contributed by atoms with Gasteiger partial charge >= 0.3 is 15.2 Å². The van der Waals surface area contributed by atoms with Crippen molar-refractivity contribution in [3.05, 3.63) is 18.3 Å². The Bertz CT molecular complexity index is 728. The van der Waals surface area contributed by atoms with E-state index in [9.17, 15) is 9.13 Å². The van der Waals surface area contributed by atoms with Crippen molar-refractivity contribution in [3.8, 4) is 0 Å². The molecule has 0 amide bonds. The number of anilines is 1. The smallest absolute Gasteiger partial charge is 0.342 e. The first-order chi connectivity index (χ1) is 9.60. The number of hydrogen-bond donors (Lipinski definition) is 5. The van der Waals surface area contributed by atoms with Crippen LogP contribution in [0.1, 0.15) is 0 Å². The molecule has 0 radical (unpaired) electrons. The fraction of sp³-hybridized carbons (Fsp3) is 0.333. The second-order valence-electron chi connectivity index (χ2n) is 4.38. The van der Waals surface area contributed by atoms with E-state index in [1.165, 1.54) is 6.20 Å². The molecule has 0 aliphatic rings. The Labute approximate surface area is 119 Å². The minimum Gasteiger partial charge on any atom is -0.354 e. The van der Waals surface area contributed by atoms with Crippen LogP contribution in [-0.4, -0.2) is 46.1 Å². The molecule has 2 aromatic rings. The maximum Gasteiger partial charge on any atom is 0.342 e. The van der Waals surface area contributed by atoms with E-state index in [1.807, 2.05) is 0 Å². The van der Waals surface area contributed by atoms with Gasteiger partial charge in [-0.3, -0.25) is 9.13 Å². The quantitative estimate of drug-likeness (QED) is 0.476. The van der Waals surface area contributed by atoms with Gasteiger partial charge in [-0.05, 0) is 12.1 Å². The number of aryl methyl sites for hydroxylation is 1. The average molecular weight is 336 g/mol. The number of imidazole rings is 1. The van der Waals surface area contributed by atoms with Gasteiger partial charge in [-0.2, -0.15) is 4.98 Å². The van der Waals surface area contributed by atoms with Gasteiger partial charge in [0.05, 0.1) is 5.52 Å². The van der Waals surface area contributed by atoms with E-state index in [0.29, 0.717) is 11.2 Å². The molecule has 10 nitrogen and oxygen atoms in total. The van der Waals surface area contributed by atoms with Crippen LogP contribution in [0, 0.1) is 0 Å². The van der Waals surface area contributed by atoms with E-state index in [2.05, 4.69) is 15.3 Å². The number of aromatic nitrogens is 3. The zero-order chi connectivity index (χ0) is 15.8. The molecule has 0 aromatic carbocycles. The van der Waals surface area contributed by atoms with Gasteiger partial charge in [0.25, 0.3) is 0 Å². The largest absolute Gasteiger partial charge is 0.354 e. The van der Waals surface area contributed by atoms with Crippen LogP contribution in [0.25, 0.3) is 11.2 Å². The van der Waals surface area contributed by atoms with Gasteiger partial charge in [-0.25, -0.2) is 4.98 Å². The lowest BCUT2D eigenvalue weighted by Gasteiger charge is -2.20. The standard InChI is InChI=1S/C9H14N4O6P2/c1-13-6-3-2-4-10-8(6)12-9(13)11-5-7(20(14,15)16)21(17,18)19/h2-4,7H,5H2,1H3,(H,10,11,12)(H2,14,15,16)(H2,17,18,19). The molecule has 0 atom stereocenters. The maximum atomic E-state index is 11.2. The topological polar surface area (TPSA) is 158 Å². The summed E-state index contributed by atoms with van der Waals surface area (Å²) in [5, 5.41) is 0.416. The SMILES string of the molecule is Cn1c(NCC(P(=O)(O)O)P(=O)(O)O)nc2ncccc21. The van der Waals surface area contributed by atoms with Gasteiger partial charge in [-0.15, -0.1) is 0 Å². The Balaban J connectivity index is 2.26. The highest BCUT2D eigenvalue weighted by atomic mass is 31.2. The monoisotopic (exact) mass is 336 g/mol. The molecular weight excluding hydrogens is 322 g/mol. The third kappa shape index (κ3) is 3.49. The van der Waals surface area contributed by atoms with Crippen molar-refractivity contribution in [3.63, 3.8) is 0 Å². The lowest BCUT2D eigenvalue weighted by Crippen LogP contribution is -2.21. The molecule has 0 aliphatic carbocycles. The van der Waals surface area contributed by atoms with Crippen LogP contribution < -0.4 is 5.32 Å². The molecule has 2 rings (SSSR count). The minimum absolute atomic E-state index is 0.204. The van der Waals surface area contributed by atoms with Crippen molar-refractivity contribution in [2.75, 3.05) is 11.9 Å². The highest BCUT2D eigenvalue weighted by Gasteiger charge is 2.43. The molecule has 12 heteroatoms. The molecule has 5 N–H and O–H groups in total. The molecule has 2 heterocycles. The van der Waals surface area contributed by atoms with Gasteiger partial charge < -0.3 is 29.5 Å². The molecular formula is C9H14N4O6P2. The summed E-state index contributed by atoms with van der Waals surface area (Å²) in [5.41, 5.74) is 1.08. The summed E-state index contributed by atoms with van der Waals surface area (Å²) in [6.45, 7) is -0.619. The number of hydrogen-bond acceptors (Lipinski definition) is 5. The zero-order valence-corrected chi connectivity index (χ0v) is 12.6. The molecule has 2 aromatic heterocycles. The van der Waals surface area contributed by atoms with Crippen LogP contribution in [0.15, 0.2) is 18.3 Å². The summed E-state index contributed by atoms with van der Waals surface area (Å²) in [7, 11) is -8.28. The Kier molecular flexibility index (Phi) is 4.21. The first-order valence-electron chi connectivity index (χ1n) is 5.72. The summed E-state index contributed by atoms with van der Waals surface area (Å²) < 4.78 is 23.9. The van der Waals surface area contributed by atoms with Crippen molar-refractivity contribution < 1.29 is 28.7 Å². The highest BCUT2D eigenvalue weighted by Crippen LogP contribution is 2.59. The predicted octanol–water partition coefficient (Wildman–Crippen LogP) is 0.0617. The second-order valence-corrected chi connectivity index (χ2v) is 8.39. The number of fused-ring (bicyclic) bond motifs is 1. The van der Waals surface area contributed by atoms with Crippen molar-refractivity contribution in [2.24, 2.45) is 7.05 Å². The van der Waals surface area contributed by atoms with Crippen LogP contribution in [0.5, 0.6) is 0 Å². The van der Waals surface area contributed by atoms with Gasteiger partial charge in [-0.1, -0.05) is 0 Å². The highest BCUT2D eigenvalue weighted by molar-refractivity contribution is 7.70. The van der Waals surface area contributed by atoms with Crippen molar-refractivity contribution >= 4 is 32.3 Å². The Hall–Kier alpha value is -1.28. The fourth-order valence-corrected chi connectivity index (χ4v) is 4.03. The number of nitrogens with one attached hydrogen (secondary N) is 1. The molecule has 0 fully saturated rings. The molecule has 0 saturated carbocycles. The van der Waals surface area contributed by atoms with Crippen LogP contribution in [0.2, 0.25) is 0 Å². The van der Waals surface area contributed by atoms with Crippen LogP contribution >= 0.6 is 15.2 Å². The van der Waals surface area contributed by atoms with Gasteiger partial charge in [0.1, 0.15) is 0 Å². The lowest BCUT2D eigenvalue weighted by molar-refractivity contribution is 0.340. The normalized spacial score (nSPS) is 13.0. The Morgan fingerprint density at radius 1 is 1.29 bits per heavy atom. The molecule has 0 unspecified atom stereocenters. The Morgan fingerprint density at radius 2 is 1.90 bits per heavy atom. The van der Waals surface area contributed by atoms with Crippen molar-refractivity contribution in [1.82, 2.24) is 14.5 Å². The number of pyridine rings is 1. The molecule has 0 bridgehead atoms. The fourth-order valence-electron chi connectivity index (χ4n) is 1.80.